The highest BCUT2D eigenvalue weighted by Gasteiger charge is 2.24. The van der Waals surface area contributed by atoms with E-state index in [1.165, 1.54) is 5.56 Å². The number of rotatable bonds is 5. The lowest BCUT2D eigenvalue weighted by Gasteiger charge is -2.28. The van der Waals surface area contributed by atoms with Crippen molar-refractivity contribution in [2.45, 2.75) is 30.8 Å². The molecule has 7 heteroatoms. The number of amides is 1. The Balaban J connectivity index is 1.41. The monoisotopic (exact) mass is 394 g/mol. The fourth-order valence-electron chi connectivity index (χ4n) is 3.43. The third-order valence-corrected chi connectivity index (χ3v) is 5.93. The molecule has 2 aromatic carbocycles. The van der Waals surface area contributed by atoms with Gasteiger partial charge in [-0.15, -0.1) is 10.2 Å². The molecule has 6 nitrogen and oxygen atoms in total. The van der Waals surface area contributed by atoms with Gasteiger partial charge in [-0.05, 0) is 23.3 Å². The topological polar surface area (TPSA) is 68.1 Å². The summed E-state index contributed by atoms with van der Waals surface area (Å²) in [4.78, 5) is 15.3. The van der Waals surface area contributed by atoms with E-state index >= 15 is 0 Å². The molecular weight excluding hydrogens is 372 g/mol. The van der Waals surface area contributed by atoms with Crippen LogP contribution in [0.3, 0.4) is 0 Å². The van der Waals surface area contributed by atoms with Crippen LogP contribution in [0.25, 0.3) is 0 Å². The van der Waals surface area contributed by atoms with Crippen LogP contribution in [0.2, 0.25) is 0 Å². The standard InChI is InChI=1S/C21H22N4O2S/c1-28(27)18-9-7-17(8-10-18)14-21(26)24-11-12-25-19(22-23-20(25)15-24)13-16-5-3-2-4-6-16/h2-10H,11-15H2,1H3. The normalized spacial score (nSPS) is 14.5. The third-order valence-electron chi connectivity index (χ3n) is 5.00. The molecule has 0 saturated heterocycles. The van der Waals surface area contributed by atoms with Gasteiger partial charge in [0.05, 0.1) is 13.0 Å². The van der Waals surface area contributed by atoms with Crippen LogP contribution in [0.1, 0.15) is 22.8 Å². The first kappa shape index (κ1) is 18.6. The second kappa shape index (κ2) is 8.06. The Morgan fingerprint density at radius 1 is 1.00 bits per heavy atom. The molecule has 1 unspecified atom stereocenters. The predicted molar refractivity (Wildman–Crippen MR) is 107 cm³/mol. The molecule has 0 saturated carbocycles. The Kier molecular flexibility index (Phi) is 5.34. The first-order chi connectivity index (χ1) is 13.6. The van der Waals surface area contributed by atoms with Crippen molar-refractivity contribution in [2.75, 3.05) is 12.8 Å². The van der Waals surface area contributed by atoms with E-state index in [1.807, 2.05) is 47.4 Å². The van der Waals surface area contributed by atoms with Gasteiger partial charge < -0.3 is 9.47 Å². The highest BCUT2D eigenvalue weighted by atomic mass is 32.2. The van der Waals surface area contributed by atoms with E-state index < -0.39 is 10.8 Å². The molecule has 3 aromatic rings. The summed E-state index contributed by atoms with van der Waals surface area (Å²) >= 11 is 0. The highest BCUT2D eigenvalue weighted by molar-refractivity contribution is 7.84. The lowest BCUT2D eigenvalue weighted by Crippen LogP contribution is -2.39. The molecule has 0 N–H and O–H groups in total. The molecule has 1 aliphatic heterocycles. The maximum atomic E-state index is 12.7. The lowest BCUT2D eigenvalue weighted by atomic mass is 10.1. The SMILES string of the molecule is CS(=O)c1ccc(CC(=O)N2CCn3c(Cc4ccccc4)nnc3C2)cc1. The molecule has 144 valence electrons. The van der Waals surface area contributed by atoms with Crippen molar-refractivity contribution in [2.24, 2.45) is 0 Å². The van der Waals surface area contributed by atoms with Gasteiger partial charge in [-0.3, -0.25) is 9.00 Å². The second-order valence-electron chi connectivity index (χ2n) is 6.94. The van der Waals surface area contributed by atoms with Crippen LogP contribution in [0.5, 0.6) is 0 Å². The zero-order valence-corrected chi connectivity index (χ0v) is 16.6. The number of hydrogen-bond donors (Lipinski definition) is 0. The number of hydrogen-bond acceptors (Lipinski definition) is 4. The molecule has 0 radical (unpaired) electrons. The maximum absolute atomic E-state index is 12.7. The highest BCUT2D eigenvalue weighted by Crippen LogP contribution is 2.17. The number of benzene rings is 2. The van der Waals surface area contributed by atoms with Crippen LogP contribution in [0, 0.1) is 0 Å². The number of carbonyl (C=O) groups excluding carboxylic acids is 1. The molecule has 0 aliphatic carbocycles. The van der Waals surface area contributed by atoms with Gasteiger partial charge in [-0.2, -0.15) is 0 Å². The largest absolute Gasteiger partial charge is 0.333 e. The molecule has 1 aliphatic rings. The van der Waals surface area contributed by atoms with Crippen molar-refractivity contribution in [3.05, 3.63) is 77.4 Å². The van der Waals surface area contributed by atoms with Gasteiger partial charge >= 0.3 is 0 Å². The van der Waals surface area contributed by atoms with Gasteiger partial charge in [-0.1, -0.05) is 42.5 Å². The quantitative estimate of drug-likeness (QED) is 0.665. The summed E-state index contributed by atoms with van der Waals surface area (Å²) in [5.41, 5.74) is 2.13. The molecule has 28 heavy (non-hydrogen) atoms. The zero-order chi connectivity index (χ0) is 19.5. The number of nitrogens with zero attached hydrogens (tertiary/aromatic N) is 4. The summed E-state index contributed by atoms with van der Waals surface area (Å²) in [6.45, 7) is 1.85. The third kappa shape index (κ3) is 4.04. The smallest absolute Gasteiger partial charge is 0.227 e. The molecule has 1 amide bonds. The van der Waals surface area contributed by atoms with Gasteiger partial charge in [0.1, 0.15) is 5.82 Å². The zero-order valence-electron chi connectivity index (χ0n) is 15.7. The Morgan fingerprint density at radius 3 is 2.46 bits per heavy atom. The van der Waals surface area contributed by atoms with Crippen LogP contribution in [-0.2, 0) is 41.5 Å². The first-order valence-electron chi connectivity index (χ1n) is 9.25. The number of carbonyl (C=O) groups is 1. The molecule has 2 heterocycles. The summed E-state index contributed by atoms with van der Waals surface area (Å²) < 4.78 is 13.6. The van der Waals surface area contributed by atoms with Crippen LogP contribution < -0.4 is 0 Å². The first-order valence-corrected chi connectivity index (χ1v) is 10.8. The van der Waals surface area contributed by atoms with Crippen molar-refractivity contribution in [3.63, 3.8) is 0 Å². The van der Waals surface area contributed by atoms with Crippen molar-refractivity contribution in [1.82, 2.24) is 19.7 Å². The van der Waals surface area contributed by atoms with E-state index in [0.29, 0.717) is 26.1 Å². The minimum absolute atomic E-state index is 0.0734. The molecule has 1 aromatic heterocycles. The van der Waals surface area contributed by atoms with Gasteiger partial charge in [0, 0.05) is 41.5 Å². The Bertz CT molecular complexity index is 999. The number of fused-ring (bicyclic) bond motifs is 1. The average Bonchev–Trinajstić information content (AvgIpc) is 3.11. The Hall–Kier alpha value is -2.80. The van der Waals surface area contributed by atoms with Crippen LogP contribution in [0.15, 0.2) is 59.5 Å². The van der Waals surface area contributed by atoms with Gasteiger partial charge in [-0.25, -0.2) is 0 Å². The molecule has 4 rings (SSSR count). The van der Waals surface area contributed by atoms with Crippen LogP contribution in [0.4, 0.5) is 0 Å². The summed E-state index contributed by atoms with van der Waals surface area (Å²) in [5.74, 6) is 1.85. The Labute approximate surface area is 166 Å². The Morgan fingerprint density at radius 2 is 1.75 bits per heavy atom. The number of aromatic nitrogens is 3. The van der Waals surface area contributed by atoms with E-state index in [1.54, 1.807) is 6.26 Å². The lowest BCUT2D eigenvalue weighted by molar-refractivity contribution is -0.132. The molecule has 0 bridgehead atoms. The maximum Gasteiger partial charge on any atom is 0.227 e. The summed E-state index contributed by atoms with van der Waals surface area (Å²) in [6.07, 6.45) is 2.73. The van der Waals surface area contributed by atoms with E-state index in [0.717, 1.165) is 28.5 Å². The summed E-state index contributed by atoms with van der Waals surface area (Å²) in [5, 5.41) is 8.65. The average molecular weight is 395 g/mol. The summed E-state index contributed by atoms with van der Waals surface area (Å²) in [6, 6.07) is 17.6. The van der Waals surface area contributed by atoms with E-state index in [9.17, 15) is 9.00 Å². The fourth-order valence-corrected chi connectivity index (χ4v) is 3.94. The van der Waals surface area contributed by atoms with E-state index in [2.05, 4.69) is 26.9 Å². The van der Waals surface area contributed by atoms with Crippen molar-refractivity contribution < 1.29 is 9.00 Å². The van der Waals surface area contributed by atoms with Gasteiger partial charge in [0.15, 0.2) is 5.82 Å². The predicted octanol–water partition coefficient (Wildman–Crippen LogP) is 2.19. The van der Waals surface area contributed by atoms with Crippen molar-refractivity contribution in [3.8, 4) is 0 Å². The minimum Gasteiger partial charge on any atom is -0.333 e. The molecule has 0 fully saturated rings. The molecule has 1 atom stereocenters. The van der Waals surface area contributed by atoms with E-state index in [4.69, 9.17) is 0 Å². The van der Waals surface area contributed by atoms with Crippen molar-refractivity contribution >= 4 is 16.7 Å². The van der Waals surface area contributed by atoms with Gasteiger partial charge in [0.25, 0.3) is 0 Å². The molecular formula is C21H22N4O2S. The van der Waals surface area contributed by atoms with Gasteiger partial charge in [0.2, 0.25) is 5.91 Å². The van der Waals surface area contributed by atoms with Crippen LogP contribution >= 0.6 is 0 Å². The fraction of sp³-hybridized carbons (Fsp3) is 0.286. The molecule has 0 spiro atoms. The minimum atomic E-state index is -1.01. The second-order valence-corrected chi connectivity index (χ2v) is 8.32. The van der Waals surface area contributed by atoms with E-state index in [-0.39, 0.29) is 5.91 Å². The summed E-state index contributed by atoms with van der Waals surface area (Å²) in [7, 11) is -1.01. The van der Waals surface area contributed by atoms with Crippen molar-refractivity contribution in [1.29, 1.82) is 0 Å². The van der Waals surface area contributed by atoms with Crippen LogP contribution in [-0.4, -0.2) is 42.6 Å².